The number of rotatable bonds is 5. The lowest BCUT2D eigenvalue weighted by Crippen LogP contribution is -2.05. The average molecular weight is 332 g/mol. The van der Waals surface area contributed by atoms with Crippen LogP contribution >= 0.6 is 26.6 Å². The molecule has 0 atom stereocenters. The highest BCUT2D eigenvalue weighted by molar-refractivity contribution is 9.10. The van der Waals surface area contributed by atoms with E-state index in [2.05, 4.69) is 15.9 Å². The maximum absolute atomic E-state index is 13.1. The van der Waals surface area contributed by atoms with E-state index in [0.29, 0.717) is 4.47 Å². The van der Waals surface area contributed by atoms with Crippen molar-refractivity contribution in [3.05, 3.63) is 28.5 Å². The fraction of sp³-hybridized carbons (Fsp3) is 0.333. The van der Waals surface area contributed by atoms with Gasteiger partial charge in [-0.1, -0.05) is 15.9 Å². The van der Waals surface area contributed by atoms with E-state index in [-0.39, 0.29) is 24.5 Å². The van der Waals surface area contributed by atoms with Gasteiger partial charge in [0.2, 0.25) is 9.05 Å². The number of hydrogen-bond donors (Lipinski definition) is 0. The van der Waals surface area contributed by atoms with Gasteiger partial charge in [-0.05, 0) is 24.6 Å². The Morgan fingerprint density at radius 2 is 2.12 bits per heavy atom. The van der Waals surface area contributed by atoms with Gasteiger partial charge in [0.1, 0.15) is 0 Å². The van der Waals surface area contributed by atoms with E-state index in [9.17, 15) is 12.8 Å². The van der Waals surface area contributed by atoms with Gasteiger partial charge >= 0.3 is 0 Å². The SMILES string of the molecule is O=S(=O)(Cl)CCCOc1cc(Br)ccc1F. The fourth-order valence-electron chi connectivity index (χ4n) is 1.00. The van der Waals surface area contributed by atoms with Crippen molar-refractivity contribution in [1.29, 1.82) is 0 Å². The summed E-state index contributed by atoms with van der Waals surface area (Å²) in [7, 11) is 1.50. The summed E-state index contributed by atoms with van der Waals surface area (Å²) in [5.74, 6) is -0.595. The molecule has 0 aliphatic rings. The van der Waals surface area contributed by atoms with E-state index in [1.807, 2.05) is 0 Å². The Balaban J connectivity index is 2.46. The monoisotopic (exact) mass is 330 g/mol. The van der Waals surface area contributed by atoms with Crippen molar-refractivity contribution in [1.82, 2.24) is 0 Å². The van der Waals surface area contributed by atoms with E-state index in [4.69, 9.17) is 15.4 Å². The van der Waals surface area contributed by atoms with Crippen molar-refractivity contribution in [2.75, 3.05) is 12.4 Å². The third-order valence-electron chi connectivity index (χ3n) is 1.68. The zero-order valence-electron chi connectivity index (χ0n) is 8.12. The van der Waals surface area contributed by atoms with E-state index < -0.39 is 14.9 Å². The molecule has 0 N–H and O–H groups in total. The second-order valence-electron chi connectivity index (χ2n) is 3.02. The summed E-state index contributed by atoms with van der Waals surface area (Å²) in [6.07, 6.45) is 0.220. The number of benzene rings is 1. The van der Waals surface area contributed by atoms with Crippen LogP contribution in [0.5, 0.6) is 5.75 Å². The Kier molecular flexibility index (Phi) is 5.01. The Hall–Kier alpha value is -0.330. The standard InChI is InChI=1S/C9H9BrClFO3S/c10-7-2-3-8(12)9(6-7)15-4-1-5-16(11,13)14/h2-3,6H,1,4-5H2. The van der Waals surface area contributed by atoms with Crippen LogP contribution in [0, 0.1) is 5.82 Å². The molecule has 1 rings (SSSR count). The van der Waals surface area contributed by atoms with Gasteiger partial charge < -0.3 is 4.74 Å². The summed E-state index contributed by atoms with van der Waals surface area (Å²) in [5.41, 5.74) is 0. The highest BCUT2D eigenvalue weighted by Crippen LogP contribution is 2.22. The Labute approximate surface area is 106 Å². The van der Waals surface area contributed by atoms with Crippen molar-refractivity contribution >= 4 is 35.7 Å². The molecule has 7 heteroatoms. The highest BCUT2D eigenvalue weighted by atomic mass is 79.9. The number of halogens is 3. The van der Waals surface area contributed by atoms with Crippen molar-refractivity contribution in [3.63, 3.8) is 0 Å². The van der Waals surface area contributed by atoms with Gasteiger partial charge in [0.05, 0.1) is 12.4 Å². The van der Waals surface area contributed by atoms with Crippen LogP contribution in [0.2, 0.25) is 0 Å². The molecule has 0 aliphatic carbocycles. The van der Waals surface area contributed by atoms with Gasteiger partial charge in [-0.2, -0.15) is 0 Å². The molecule has 90 valence electrons. The molecule has 1 aromatic rings. The van der Waals surface area contributed by atoms with Crippen LogP contribution in [-0.4, -0.2) is 20.8 Å². The lowest BCUT2D eigenvalue weighted by Gasteiger charge is -2.06. The topological polar surface area (TPSA) is 43.4 Å². The van der Waals surface area contributed by atoms with Crippen LogP contribution in [0.1, 0.15) is 6.42 Å². The zero-order chi connectivity index (χ0) is 12.2. The molecule has 3 nitrogen and oxygen atoms in total. The maximum Gasteiger partial charge on any atom is 0.232 e. The predicted molar refractivity (Wildman–Crippen MR) is 63.9 cm³/mol. The molecule has 0 unspecified atom stereocenters. The molecule has 1 aromatic carbocycles. The Morgan fingerprint density at radius 1 is 1.44 bits per heavy atom. The van der Waals surface area contributed by atoms with Gasteiger partial charge in [0.25, 0.3) is 0 Å². The molecule has 0 aromatic heterocycles. The number of hydrogen-bond acceptors (Lipinski definition) is 3. The lowest BCUT2D eigenvalue weighted by molar-refractivity contribution is 0.301. The first-order chi connectivity index (χ1) is 7.38. The van der Waals surface area contributed by atoms with Crippen molar-refractivity contribution < 1.29 is 17.5 Å². The molecule has 16 heavy (non-hydrogen) atoms. The normalized spacial score (nSPS) is 11.4. The van der Waals surface area contributed by atoms with Gasteiger partial charge in [-0.3, -0.25) is 0 Å². The highest BCUT2D eigenvalue weighted by Gasteiger charge is 2.07. The van der Waals surface area contributed by atoms with Gasteiger partial charge in [-0.25, -0.2) is 12.8 Å². The van der Waals surface area contributed by atoms with E-state index in [0.717, 1.165) is 0 Å². The molecule has 0 heterocycles. The molecule has 0 bridgehead atoms. The first-order valence-electron chi connectivity index (χ1n) is 4.39. The molecule has 0 aliphatic heterocycles. The van der Waals surface area contributed by atoms with E-state index in [1.165, 1.54) is 12.1 Å². The van der Waals surface area contributed by atoms with Crippen LogP contribution in [0.4, 0.5) is 4.39 Å². The smallest absolute Gasteiger partial charge is 0.232 e. The molecule has 0 saturated carbocycles. The van der Waals surface area contributed by atoms with Crippen LogP contribution < -0.4 is 4.74 Å². The maximum atomic E-state index is 13.1. The molecular formula is C9H9BrClFO3S. The summed E-state index contributed by atoms with van der Waals surface area (Å²) in [5, 5.41) is 0. The quantitative estimate of drug-likeness (QED) is 0.615. The average Bonchev–Trinajstić information content (AvgIpc) is 2.16. The lowest BCUT2D eigenvalue weighted by atomic mass is 10.3. The minimum atomic E-state index is -3.51. The fourth-order valence-corrected chi connectivity index (χ4v) is 2.13. The third kappa shape index (κ3) is 5.14. The van der Waals surface area contributed by atoms with Crippen LogP contribution in [-0.2, 0) is 9.05 Å². The predicted octanol–water partition coefficient (Wildman–Crippen LogP) is 2.93. The summed E-state index contributed by atoms with van der Waals surface area (Å²) < 4.78 is 40.1. The molecule has 0 fully saturated rings. The summed E-state index contributed by atoms with van der Waals surface area (Å²) in [4.78, 5) is 0. The Morgan fingerprint density at radius 3 is 2.75 bits per heavy atom. The Bertz CT molecular complexity index is 464. The summed E-state index contributed by atoms with van der Waals surface area (Å²) in [6, 6.07) is 4.29. The van der Waals surface area contributed by atoms with E-state index in [1.54, 1.807) is 6.07 Å². The summed E-state index contributed by atoms with van der Waals surface area (Å²) >= 11 is 3.17. The second-order valence-corrected chi connectivity index (χ2v) is 6.83. The second kappa shape index (κ2) is 5.84. The van der Waals surface area contributed by atoms with Crippen LogP contribution in [0.3, 0.4) is 0 Å². The summed E-state index contributed by atoms with van der Waals surface area (Å²) in [6.45, 7) is 0.0966. The first kappa shape index (κ1) is 13.7. The molecule has 0 saturated heterocycles. The minimum Gasteiger partial charge on any atom is -0.490 e. The largest absolute Gasteiger partial charge is 0.490 e. The van der Waals surface area contributed by atoms with Gasteiger partial charge in [-0.15, -0.1) is 0 Å². The van der Waals surface area contributed by atoms with Crippen LogP contribution in [0.25, 0.3) is 0 Å². The molecule has 0 amide bonds. The third-order valence-corrected chi connectivity index (χ3v) is 3.42. The molecular weight excluding hydrogens is 323 g/mol. The van der Waals surface area contributed by atoms with Crippen molar-refractivity contribution in [3.8, 4) is 5.75 Å². The number of ether oxygens (including phenoxy) is 1. The van der Waals surface area contributed by atoms with Crippen molar-refractivity contribution in [2.24, 2.45) is 0 Å². The van der Waals surface area contributed by atoms with Gasteiger partial charge in [0.15, 0.2) is 11.6 Å². The molecule has 0 radical (unpaired) electrons. The first-order valence-corrected chi connectivity index (χ1v) is 7.66. The van der Waals surface area contributed by atoms with Crippen molar-refractivity contribution in [2.45, 2.75) is 6.42 Å². The van der Waals surface area contributed by atoms with Crippen LogP contribution in [0.15, 0.2) is 22.7 Å². The minimum absolute atomic E-state index is 0.0846. The van der Waals surface area contributed by atoms with Gasteiger partial charge in [0, 0.05) is 15.2 Å². The van der Waals surface area contributed by atoms with E-state index >= 15 is 0 Å². The zero-order valence-corrected chi connectivity index (χ0v) is 11.3. The molecule has 0 spiro atoms.